The number of nitrogens with zero attached hydrogens (tertiary/aromatic N) is 1. The lowest BCUT2D eigenvalue weighted by Gasteiger charge is -2.42. The van der Waals surface area contributed by atoms with E-state index >= 15 is 0 Å². The molecule has 2 heterocycles. The number of hydrogen-bond donors (Lipinski definition) is 1. The molecule has 3 saturated carbocycles. The number of nitrogens with one attached hydrogen (secondary N) is 1. The van der Waals surface area contributed by atoms with Crippen LogP contribution in [0.1, 0.15) is 32.1 Å². The summed E-state index contributed by atoms with van der Waals surface area (Å²) in [7, 11) is 0. The van der Waals surface area contributed by atoms with Crippen LogP contribution in [0.5, 0.6) is 0 Å². The third-order valence-electron chi connectivity index (χ3n) is 5.52. The Morgan fingerprint density at radius 1 is 0.850 bits per heavy atom. The molecule has 20 heavy (non-hydrogen) atoms. The molecule has 2 bridgehead atoms. The smallest absolute Gasteiger partial charge is 0.250 e. The molecule has 6 nitrogen and oxygen atoms in total. The van der Waals surface area contributed by atoms with Crippen molar-refractivity contribution in [3.8, 4) is 0 Å². The SMILES string of the molecule is O=C1C[C@@H](N2C(=O)[C@@H]3C4CCC(CC4)[C@H]3C2=O)C(=O)N1. The highest BCUT2D eigenvalue weighted by atomic mass is 16.2. The Morgan fingerprint density at radius 3 is 1.75 bits per heavy atom. The Bertz CT molecular complexity index is 505. The molecule has 5 aliphatic rings. The van der Waals surface area contributed by atoms with Crippen molar-refractivity contribution in [2.45, 2.75) is 38.1 Å². The maximum absolute atomic E-state index is 12.6. The predicted octanol–water partition coefficient (Wildman–Crippen LogP) is -0.177. The first-order valence-electron chi connectivity index (χ1n) is 7.28. The number of imide groups is 2. The summed E-state index contributed by atoms with van der Waals surface area (Å²) < 4.78 is 0. The zero-order valence-corrected chi connectivity index (χ0v) is 11.0. The van der Waals surface area contributed by atoms with Crippen LogP contribution in [0.15, 0.2) is 0 Å². The summed E-state index contributed by atoms with van der Waals surface area (Å²) in [4.78, 5) is 49.4. The van der Waals surface area contributed by atoms with Gasteiger partial charge in [0.25, 0.3) is 0 Å². The number of rotatable bonds is 1. The fourth-order valence-corrected chi connectivity index (χ4v) is 4.65. The van der Waals surface area contributed by atoms with Gasteiger partial charge in [-0.15, -0.1) is 0 Å². The van der Waals surface area contributed by atoms with Crippen LogP contribution in [0.4, 0.5) is 0 Å². The maximum Gasteiger partial charge on any atom is 0.250 e. The van der Waals surface area contributed by atoms with Crippen molar-refractivity contribution >= 4 is 23.6 Å². The number of hydrogen-bond acceptors (Lipinski definition) is 4. The number of fused-ring (bicyclic) bond motifs is 2. The van der Waals surface area contributed by atoms with E-state index in [1.165, 1.54) is 0 Å². The highest BCUT2D eigenvalue weighted by Gasteiger charge is 2.60. The molecule has 2 aliphatic heterocycles. The monoisotopic (exact) mass is 276 g/mol. The number of likely N-dealkylation sites (tertiary alicyclic amines) is 1. The van der Waals surface area contributed by atoms with Crippen molar-refractivity contribution in [2.24, 2.45) is 23.7 Å². The molecule has 6 heteroatoms. The van der Waals surface area contributed by atoms with Gasteiger partial charge in [-0.3, -0.25) is 29.4 Å². The lowest BCUT2D eigenvalue weighted by molar-refractivity contribution is -0.146. The Hall–Kier alpha value is -1.72. The van der Waals surface area contributed by atoms with E-state index in [1.54, 1.807) is 0 Å². The van der Waals surface area contributed by atoms with E-state index in [0.29, 0.717) is 0 Å². The second kappa shape index (κ2) is 3.90. The van der Waals surface area contributed by atoms with Gasteiger partial charge in [-0.25, -0.2) is 0 Å². The fourth-order valence-electron chi connectivity index (χ4n) is 4.65. The molecule has 0 unspecified atom stereocenters. The van der Waals surface area contributed by atoms with E-state index in [9.17, 15) is 19.2 Å². The number of carbonyl (C=O) groups is 4. The quantitative estimate of drug-likeness (QED) is 0.674. The summed E-state index contributed by atoms with van der Waals surface area (Å²) in [5, 5.41) is 2.18. The molecule has 4 amide bonds. The number of amides is 4. The van der Waals surface area contributed by atoms with Gasteiger partial charge in [0, 0.05) is 0 Å². The molecule has 0 aromatic rings. The summed E-state index contributed by atoms with van der Waals surface area (Å²) in [6, 6.07) is -0.910. The normalized spacial score (nSPS) is 43.2. The molecule has 1 N–H and O–H groups in total. The summed E-state index contributed by atoms with van der Waals surface area (Å²) >= 11 is 0. The topological polar surface area (TPSA) is 83.6 Å². The molecule has 0 radical (unpaired) electrons. The lowest BCUT2D eigenvalue weighted by Crippen LogP contribution is -2.45. The Morgan fingerprint density at radius 2 is 1.35 bits per heavy atom. The molecule has 0 aromatic carbocycles. The Balaban J connectivity index is 1.69. The standard InChI is InChI=1S/C14H16N2O4/c17-9-5-8(12(18)15-9)16-13(19)10-6-1-2-7(4-3-6)11(10)14(16)20/h6-8,10-11H,1-5H2,(H,15,17,18)/t6?,7?,8-,10-,11-/m1/s1. The zero-order valence-electron chi connectivity index (χ0n) is 11.0. The van der Waals surface area contributed by atoms with Gasteiger partial charge in [-0.2, -0.15) is 0 Å². The number of carbonyl (C=O) groups excluding carboxylic acids is 4. The van der Waals surface area contributed by atoms with Crippen molar-refractivity contribution < 1.29 is 19.2 Å². The Kier molecular flexibility index (Phi) is 2.35. The van der Waals surface area contributed by atoms with Gasteiger partial charge in [0.15, 0.2) is 0 Å². The van der Waals surface area contributed by atoms with E-state index in [2.05, 4.69) is 5.32 Å². The van der Waals surface area contributed by atoms with Crippen LogP contribution >= 0.6 is 0 Å². The van der Waals surface area contributed by atoms with Crippen LogP contribution in [0.2, 0.25) is 0 Å². The predicted molar refractivity (Wildman–Crippen MR) is 65.8 cm³/mol. The van der Waals surface area contributed by atoms with E-state index in [-0.39, 0.29) is 41.9 Å². The van der Waals surface area contributed by atoms with Crippen LogP contribution < -0.4 is 5.32 Å². The van der Waals surface area contributed by atoms with Crippen molar-refractivity contribution in [1.29, 1.82) is 0 Å². The fraction of sp³-hybridized carbons (Fsp3) is 0.714. The highest BCUT2D eigenvalue weighted by Crippen LogP contribution is 2.53. The van der Waals surface area contributed by atoms with Crippen LogP contribution in [-0.4, -0.2) is 34.6 Å². The first-order chi connectivity index (χ1) is 9.58. The molecule has 2 saturated heterocycles. The summed E-state index contributed by atoms with van der Waals surface area (Å²) in [5.41, 5.74) is 0. The third kappa shape index (κ3) is 1.39. The molecule has 3 atom stereocenters. The molecule has 3 aliphatic carbocycles. The van der Waals surface area contributed by atoms with Gasteiger partial charge < -0.3 is 0 Å². The maximum atomic E-state index is 12.6. The summed E-state index contributed by atoms with van der Waals surface area (Å²) in [6.07, 6.45) is 3.96. The minimum atomic E-state index is -0.910. The zero-order chi connectivity index (χ0) is 14.0. The molecular formula is C14H16N2O4. The van der Waals surface area contributed by atoms with E-state index in [1.807, 2.05) is 0 Å². The Labute approximate surface area is 115 Å². The minimum absolute atomic E-state index is 0.0783. The second-order valence-corrected chi connectivity index (χ2v) is 6.41. The molecule has 0 aromatic heterocycles. The van der Waals surface area contributed by atoms with Crippen LogP contribution in [-0.2, 0) is 19.2 Å². The average Bonchev–Trinajstić information content (AvgIpc) is 2.90. The van der Waals surface area contributed by atoms with E-state index < -0.39 is 17.9 Å². The van der Waals surface area contributed by atoms with Crippen LogP contribution in [0.25, 0.3) is 0 Å². The highest BCUT2D eigenvalue weighted by molar-refractivity contribution is 6.13. The van der Waals surface area contributed by atoms with Crippen molar-refractivity contribution in [1.82, 2.24) is 10.2 Å². The molecule has 5 fully saturated rings. The van der Waals surface area contributed by atoms with Crippen LogP contribution in [0.3, 0.4) is 0 Å². The molecular weight excluding hydrogens is 260 g/mol. The van der Waals surface area contributed by atoms with E-state index in [4.69, 9.17) is 0 Å². The van der Waals surface area contributed by atoms with Crippen molar-refractivity contribution in [3.05, 3.63) is 0 Å². The third-order valence-corrected chi connectivity index (χ3v) is 5.52. The molecule has 0 spiro atoms. The van der Waals surface area contributed by atoms with Gasteiger partial charge in [-0.1, -0.05) is 0 Å². The average molecular weight is 276 g/mol. The summed E-state index contributed by atoms with van der Waals surface area (Å²) in [6.45, 7) is 0. The van der Waals surface area contributed by atoms with Gasteiger partial charge in [-0.05, 0) is 37.5 Å². The molecule has 106 valence electrons. The van der Waals surface area contributed by atoms with Crippen LogP contribution in [0, 0.1) is 23.7 Å². The van der Waals surface area contributed by atoms with Gasteiger partial charge >= 0.3 is 0 Å². The summed E-state index contributed by atoms with van der Waals surface area (Å²) in [5.74, 6) is -1.26. The van der Waals surface area contributed by atoms with Crippen molar-refractivity contribution in [2.75, 3.05) is 0 Å². The first-order valence-corrected chi connectivity index (χ1v) is 7.28. The minimum Gasteiger partial charge on any atom is -0.295 e. The van der Waals surface area contributed by atoms with Crippen molar-refractivity contribution in [3.63, 3.8) is 0 Å². The lowest BCUT2D eigenvalue weighted by atomic mass is 9.59. The second-order valence-electron chi connectivity index (χ2n) is 6.41. The van der Waals surface area contributed by atoms with E-state index in [0.717, 1.165) is 30.6 Å². The van der Waals surface area contributed by atoms with Gasteiger partial charge in [0.2, 0.25) is 23.6 Å². The van der Waals surface area contributed by atoms with Gasteiger partial charge in [0.05, 0.1) is 18.3 Å². The first kappa shape index (κ1) is 12.1. The molecule has 5 rings (SSSR count). The van der Waals surface area contributed by atoms with Gasteiger partial charge in [0.1, 0.15) is 6.04 Å². The largest absolute Gasteiger partial charge is 0.295 e.